The fourth-order valence-electron chi connectivity index (χ4n) is 2.95. The number of benzene rings is 2. The number of carbonyl (C=O) groups is 2. The molecule has 0 spiro atoms. The van der Waals surface area contributed by atoms with Gasteiger partial charge in [-0.1, -0.05) is 23.7 Å². The molecule has 0 atom stereocenters. The summed E-state index contributed by atoms with van der Waals surface area (Å²) in [6.45, 7) is 1.31. The first-order valence-electron chi connectivity index (χ1n) is 9.13. The van der Waals surface area contributed by atoms with E-state index in [1.54, 1.807) is 6.07 Å². The fourth-order valence-corrected chi connectivity index (χ4v) is 3.14. The van der Waals surface area contributed by atoms with E-state index in [-0.39, 0.29) is 28.7 Å². The number of methoxy groups -OCH3 is 1. The van der Waals surface area contributed by atoms with Crippen LogP contribution in [0.3, 0.4) is 0 Å². The molecule has 0 saturated heterocycles. The van der Waals surface area contributed by atoms with E-state index < -0.39 is 23.4 Å². The van der Waals surface area contributed by atoms with Gasteiger partial charge < -0.3 is 10.1 Å². The molecular formula is C22H18ClF2N3O3. The van der Waals surface area contributed by atoms with E-state index in [0.717, 1.165) is 6.07 Å². The van der Waals surface area contributed by atoms with Crippen molar-refractivity contribution in [1.82, 2.24) is 4.98 Å². The first kappa shape index (κ1) is 22.2. The molecule has 0 unspecified atom stereocenters. The van der Waals surface area contributed by atoms with Gasteiger partial charge in [0.25, 0.3) is 0 Å². The van der Waals surface area contributed by atoms with Crippen LogP contribution in [0.25, 0.3) is 0 Å². The lowest BCUT2D eigenvalue weighted by atomic mass is 10.1. The minimum atomic E-state index is -0.636. The van der Waals surface area contributed by atoms with Crippen molar-refractivity contribution >= 4 is 40.6 Å². The van der Waals surface area contributed by atoms with Gasteiger partial charge in [-0.2, -0.15) is 0 Å². The van der Waals surface area contributed by atoms with E-state index in [1.807, 2.05) is 0 Å². The second-order valence-corrected chi connectivity index (χ2v) is 6.89. The summed E-state index contributed by atoms with van der Waals surface area (Å²) >= 11 is 5.90. The second-order valence-electron chi connectivity index (χ2n) is 6.51. The van der Waals surface area contributed by atoms with Crippen LogP contribution < -0.4 is 15.0 Å². The van der Waals surface area contributed by atoms with E-state index in [4.69, 9.17) is 16.3 Å². The Kier molecular flexibility index (Phi) is 6.81. The molecule has 2 aromatic carbocycles. The zero-order valence-corrected chi connectivity index (χ0v) is 17.4. The first-order chi connectivity index (χ1) is 14.8. The van der Waals surface area contributed by atoms with E-state index in [0.29, 0.717) is 11.3 Å². The summed E-state index contributed by atoms with van der Waals surface area (Å²) in [4.78, 5) is 30.0. The van der Waals surface area contributed by atoms with Crippen molar-refractivity contribution in [2.24, 2.45) is 0 Å². The predicted octanol–water partition coefficient (Wildman–Crippen LogP) is 4.89. The fraction of sp³-hybridized carbons (Fsp3) is 0.136. The number of amides is 2. The van der Waals surface area contributed by atoms with Gasteiger partial charge in [0.05, 0.1) is 24.2 Å². The minimum absolute atomic E-state index is 0.0391. The number of hydrogen-bond acceptors (Lipinski definition) is 4. The van der Waals surface area contributed by atoms with E-state index in [9.17, 15) is 18.4 Å². The lowest BCUT2D eigenvalue weighted by molar-refractivity contribution is -0.116. The summed E-state index contributed by atoms with van der Waals surface area (Å²) in [5, 5.41) is 2.55. The maximum Gasteiger partial charge on any atom is 0.229 e. The van der Waals surface area contributed by atoms with Gasteiger partial charge in [0.15, 0.2) is 11.6 Å². The van der Waals surface area contributed by atoms with E-state index >= 15 is 0 Å². The van der Waals surface area contributed by atoms with Crippen LogP contribution >= 0.6 is 11.6 Å². The number of nitrogens with zero attached hydrogens (tertiary/aromatic N) is 2. The first-order valence-corrected chi connectivity index (χ1v) is 9.51. The third kappa shape index (κ3) is 5.16. The number of carbonyl (C=O) groups excluding carboxylic acids is 2. The second kappa shape index (κ2) is 9.53. The summed E-state index contributed by atoms with van der Waals surface area (Å²) in [7, 11) is 1.34. The zero-order chi connectivity index (χ0) is 22.5. The summed E-state index contributed by atoms with van der Waals surface area (Å²) < 4.78 is 32.6. The molecule has 1 aromatic heterocycles. The third-order valence-corrected chi connectivity index (χ3v) is 4.77. The molecule has 0 fully saturated rings. The topological polar surface area (TPSA) is 71.5 Å². The number of aromatic nitrogens is 1. The molecule has 0 aliphatic rings. The average Bonchev–Trinajstić information content (AvgIpc) is 2.72. The van der Waals surface area contributed by atoms with Crippen LogP contribution in [0.5, 0.6) is 5.75 Å². The molecule has 3 rings (SSSR count). The van der Waals surface area contributed by atoms with Gasteiger partial charge in [-0.15, -0.1) is 0 Å². The highest BCUT2D eigenvalue weighted by molar-refractivity contribution is 6.31. The number of halogens is 3. The molecule has 6 nitrogen and oxygen atoms in total. The van der Waals surface area contributed by atoms with Crippen LogP contribution in [0.4, 0.5) is 26.0 Å². The van der Waals surface area contributed by atoms with Gasteiger partial charge in [0, 0.05) is 30.9 Å². The molecule has 0 aliphatic heterocycles. The van der Waals surface area contributed by atoms with Crippen molar-refractivity contribution < 1.29 is 23.1 Å². The highest BCUT2D eigenvalue weighted by Crippen LogP contribution is 2.29. The number of ether oxygens (including phenoxy) is 1. The number of pyridine rings is 1. The molecule has 31 heavy (non-hydrogen) atoms. The maximum absolute atomic E-state index is 14.1. The van der Waals surface area contributed by atoms with Crippen LogP contribution in [0.15, 0.2) is 54.7 Å². The summed E-state index contributed by atoms with van der Waals surface area (Å²) in [5.41, 5.74) is 0.934. The van der Waals surface area contributed by atoms with Crippen molar-refractivity contribution in [1.29, 1.82) is 0 Å². The molecule has 0 radical (unpaired) electrons. The van der Waals surface area contributed by atoms with Gasteiger partial charge in [-0.3, -0.25) is 14.5 Å². The zero-order valence-electron chi connectivity index (χ0n) is 16.7. The molecule has 0 aliphatic carbocycles. The Morgan fingerprint density at radius 1 is 1.13 bits per heavy atom. The summed E-state index contributed by atoms with van der Waals surface area (Å²) in [6.07, 6.45) is 1.25. The van der Waals surface area contributed by atoms with Crippen molar-refractivity contribution in [3.05, 3.63) is 76.9 Å². The van der Waals surface area contributed by atoms with Crippen LogP contribution in [-0.4, -0.2) is 23.9 Å². The standard InChI is InChI=1S/C22H18ClF2N3O3/c1-13(29)28(16-6-7-19(31-2)18(25)12-16)20-11-15(8-9-26-20)27-21(30)10-14-4-3-5-17(24)22(14)23/h3-9,11-12H,10H2,1-2H3,(H,26,27,30). The molecule has 3 aromatic rings. The van der Waals surface area contributed by atoms with Crippen molar-refractivity contribution in [3.63, 3.8) is 0 Å². The lowest BCUT2D eigenvalue weighted by Crippen LogP contribution is -2.24. The molecule has 9 heteroatoms. The molecular weight excluding hydrogens is 428 g/mol. The Hall–Kier alpha value is -3.52. The quantitative estimate of drug-likeness (QED) is 0.586. The van der Waals surface area contributed by atoms with Gasteiger partial charge >= 0.3 is 0 Å². The number of rotatable bonds is 6. The Labute approximate surface area is 182 Å². The summed E-state index contributed by atoms with van der Waals surface area (Å²) in [6, 6.07) is 11.3. The lowest BCUT2D eigenvalue weighted by Gasteiger charge is -2.21. The molecule has 1 heterocycles. The molecule has 160 valence electrons. The maximum atomic E-state index is 14.1. The van der Waals surface area contributed by atoms with E-state index in [1.165, 1.54) is 61.5 Å². The minimum Gasteiger partial charge on any atom is -0.494 e. The smallest absolute Gasteiger partial charge is 0.229 e. The Bertz CT molecular complexity index is 1140. The molecule has 2 amide bonds. The van der Waals surface area contributed by atoms with Crippen molar-refractivity contribution in [3.8, 4) is 5.75 Å². The predicted molar refractivity (Wildman–Crippen MR) is 114 cm³/mol. The van der Waals surface area contributed by atoms with E-state index in [2.05, 4.69) is 10.3 Å². The van der Waals surface area contributed by atoms with Crippen LogP contribution in [0.2, 0.25) is 5.02 Å². The Morgan fingerprint density at radius 2 is 1.90 bits per heavy atom. The molecule has 0 saturated carbocycles. The summed E-state index contributed by atoms with van der Waals surface area (Å²) in [5.74, 6) is -1.87. The number of nitrogens with one attached hydrogen (secondary N) is 1. The van der Waals surface area contributed by atoms with Gasteiger partial charge in [-0.05, 0) is 29.8 Å². The third-order valence-electron chi connectivity index (χ3n) is 4.35. The van der Waals surface area contributed by atoms with Gasteiger partial charge in [0.1, 0.15) is 11.6 Å². The normalized spacial score (nSPS) is 10.5. The highest BCUT2D eigenvalue weighted by atomic mass is 35.5. The van der Waals surface area contributed by atoms with Crippen LogP contribution in [0.1, 0.15) is 12.5 Å². The molecule has 0 bridgehead atoms. The monoisotopic (exact) mass is 445 g/mol. The largest absolute Gasteiger partial charge is 0.494 e. The Morgan fingerprint density at radius 3 is 2.58 bits per heavy atom. The van der Waals surface area contributed by atoms with Gasteiger partial charge in [-0.25, -0.2) is 13.8 Å². The van der Waals surface area contributed by atoms with Gasteiger partial charge in [0.2, 0.25) is 11.8 Å². The number of anilines is 3. The Balaban J connectivity index is 1.83. The highest BCUT2D eigenvalue weighted by Gasteiger charge is 2.18. The SMILES string of the molecule is COc1ccc(N(C(C)=O)c2cc(NC(=O)Cc3cccc(F)c3Cl)ccn2)cc1F. The van der Waals surface area contributed by atoms with Crippen molar-refractivity contribution in [2.45, 2.75) is 13.3 Å². The molecule has 1 N–H and O–H groups in total. The number of hydrogen-bond donors (Lipinski definition) is 1. The van der Waals surface area contributed by atoms with Crippen molar-refractivity contribution in [2.75, 3.05) is 17.3 Å². The van der Waals surface area contributed by atoms with Crippen LogP contribution in [-0.2, 0) is 16.0 Å². The van der Waals surface area contributed by atoms with Crippen LogP contribution in [0, 0.1) is 11.6 Å². The average molecular weight is 446 g/mol.